The molecule has 0 fully saturated rings. The van der Waals surface area contributed by atoms with Crippen molar-refractivity contribution >= 4 is 39.1 Å². The summed E-state index contributed by atoms with van der Waals surface area (Å²) >= 11 is 4.32. The SMILES string of the molecule is O=C(O)c1csc(CCNC(=O)c2ccc(Br)cc2F)n1. The lowest BCUT2D eigenvalue weighted by Crippen LogP contribution is -2.26. The van der Waals surface area contributed by atoms with Crippen molar-refractivity contribution in [3.8, 4) is 0 Å². The second-order valence-electron chi connectivity index (χ2n) is 4.06. The normalized spacial score (nSPS) is 10.4. The molecule has 2 N–H and O–H groups in total. The predicted molar refractivity (Wildman–Crippen MR) is 79.2 cm³/mol. The maximum Gasteiger partial charge on any atom is 0.355 e. The number of amides is 1. The minimum absolute atomic E-state index is 0.0136. The van der Waals surface area contributed by atoms with Crippen LogP contribution in [0.4, 0.5) is 4.39 Å². The molecule has 1 aromatic heterocycles. The lowest BCUT2D eigenvalue weighted by Gasteiger charge is -2.05. The Morgan fingerprint density at radius 1 is 1.43 bits per heavy atom. The van der Waals surface area contributed by atoms with Gasteiger partial charge in [-0.15, -0.1) is 11.3 Å². The number of benzene rings is 1. The van der Waals surface area contributed by atoms with Gasteiger partial charge in [-0.1, -0.05) is 15.9 Å². The largest absolute Gasteiger partial charge is 0.476 e. The Hall–Kier alpha value is -1.80. The molecule has 0 unspecified atom stereocenters. The summed E-state index contributed by atoms with van der Waals surface area (Å²) in [5, 5.41) is 13.4. The summed E-state index contributed by atoms with van der Waals surface area (Å²) in [4.78, 5) is 26.4. The van der Waals surface area contributed by atoms with Crippen LogP contribution in [0.25, 0.3) is 0 Å². The van der Waals surface area contributed by atoms with E-state index < -0.39 is 17.7 Å². The van der Waals surface area contributed by atoms with Crippen LogP contribution in [-0.2, 0) is 6.42 Å². The zero-order valence-corrected chi connectivity index (χ0v) is 13.0. The molecule has 8 heteroatoms. The molecule has 0 aliphatic rings. The number of thiazole rings is 1. The van der Waals surface area contributed by atoms with Gasteiger partial charge < -0.3 is 10.4 Å². The number of carbonyl (C=O) groups excluding carboxylic acids is 1. The van der Waals surface area contributed by atoms with Crippen molar-refractivity contribution in [1.29, 1.82) is 0 Å². The molecule has 0 saturated carbocycles. The van der Waals surface area contributed by atoms with E-state index in [0.29, 0.717) is 15.9 Å². The first kappa shape index (κ1) is 15.6. The lowest BCUT2D eigenvalue weighted by molar-refractivity contribution is 0.0690. The van der Waals surface area contributed by atoms with Gasteiger partial charge in [0.2, 0.25) is 0 Å². The molecule has 110 valence electrons. The fourth-order valence-corrected chi connectivity index (χ4v) is 2.68. The fraction of sp³-hybridized carbons (Fsp3) is 0.154. The Balaban J connectivity index is 1.90. The van der Waals surface area contributed by atoms with Gasteiger partial charge >= 0.3 is 5.97 Å². The number of carboxylic acid groups (broad SMARTS) is 1. The van der Waals surface area contributed by atoms with Gasteiger partial charge in [-0.25, -0.2) is 14.2 Å². The molecular weight excluding hydrogens is 363 g/mol. The smallest absolute Gasteiger partial charge is 0.355 e. The van der Waals surface area contributed by atoms with E-state index in [1.54, 1.807) is 6.07 Å². The number of nitrogens with one attached hydrogen (secondary N) is 1. The maximum absolute atomic E-state index is 13.6. The quantitative estimate of drug-likeness (QED) is 0.845. The van der Waals surface area contributed by atoms with Crippen LogP contribution in [0.2, 0.25) is 0 Å². The second kappa shape index (κ2) is 6.77. The molecule has 0 aliphatic heterocycles. The van der Waals surface area contributed by atoms with E-state index in [0.717, 1.165) is 0 Å². The highest BCUT2D eigenvalue weighted by Gasteiger charge is 2.12. The molecule has 0 atom stereocenters. The number of rotatable bonds is 5. The average Bonchev–Trinajstić information content (AvgIpc) is 2.87. The average molecular weight is 373 g/mol. The van der Waals surface area contributed by atoms with E-state index in [-0.39, 0.29) is 17.8 Å². The number of carboxylic acids is 1. The van der Waals surface area contributed by atoms with E-state index in [4.69, 9.17) is 5.11 Å². The van der Waals surface area contributed by atoms with Crippen molar-refractivity contribution in [3.05, 3.63) is 50.1 Å². The zero-order valence-electron chi connectivity index (χ0n) is 10.6. The molecule has 0 bridgehead atoms. The van der Waals surface area contributed by atoms with Crippen LogP contribution in [0.3, 0.4) is 0 Å². The number of aromatic nitrogens is 1. The summed E-state index contributed by atoms with van der Waals surface area (Å²) in [7, 11) is 0. The van der Waals surface area contributed by atoms with Crippen LogP contribution in [0.5, 0.6) is 0 Å². The summed E-state index contributed by atoms with van der Waals surface area (Å²) < 4.78 is 14.1. The number of halogens is 2. The molecule has 0 spiro atoms. The van der Waals surface area contributed by atoms with Gasteiger partial charge in [0.1, 0.15) is 5.82 Å². The Bertz CT molecular complexity index is 690. The summed E-state index contributed by atoms with van der Waals surface area (Å²) in [6.45, 7) is 0.251. The van der Waals surface area contributed by atoms with E-state index in [1.807, 2.05) is 0 Å². The minimum atomic E-state index is -1.08. The number of aromatic carboxylic acids is 1. The summed E-state index contributed by atoms with van der Waals surface area (Å²) in [5.74, 6) is -2.21. The topological polar surface area (TPSA) is 79.3 Å². The van der Waals surface area contributed by atoms with Gasteiger partial charge in [-0.3, -0.25) is 4.79 Å². The fourth-order valence-electron chi connectivity index (χ4n) is 1.58. The van der Waals surface area contributed by atoms with Crippen molar-refractivity contribution < 1.29 is 19.1 Å². The molecule has 1 aromatic carbocycles. The molecule has 5 nitrogen and oxygen atoms in total. The number of hydrogen-bond donors (Lipinski definition) is 2. The third-order valence-electron chi connectivity index (χ3n) is 2.57. The number of nitrogens with zero attached hydrogens (tertiary/aromatic N) is 1. The van der Waals surface area contributed by atoms with E-state index in [2.05, 4.69) is 26.2 Å². The van der Waals surface area contributed by atoms with Crippen molar-refractivity contribution in [2.45, 2.75) is 6.42 Å². The summed E-state index contributed by atoms with van der Waals surface area (Å²) in [5.41, 5.74) is -0.0520. The maximum atomic E-state index is 13.6. The Morgan fingerprint density at radius 2 is 2.19 bits per heavy atom. The predicted octanol–water partition coefficient (Wildman–Crippen LogP) is 2.72. The highest BCUT2D eigenvalue weighted by atomic mass is 79.9. The molecule has 0 saturated heterocycles. The van der Waals surface area contributed by atoms with Crippen molar-refractivity contribution in [3.63, 3.8) is 0 Å². The minimum Gasteiger partial charge on any atom is -0.476 e. The van der Waals surface area contributed by atoms with Gasteiger partial charge in [0.25, 0.3) is 5.91 Å². The van der Waals surface area contributed by atoms with Gasteiger partial charge in [0.15, 0.2) is 5.69 Å². The lowest BCUT2D eigenvalue weighted by atomic mass is 10.2. The van der Waals surface area contributed by atoms with Crippen LogP contribution in [-0.4, -0.2) is 28.5 Å². The molecule has 2 rings (SSSR count). The van der Waals surface area contributed by atoms with Crippen molar-refractivity contribution in [2.24, 2.45) is 0 Å². The van der Waals surface area contributed by atoms with E-state index >= 15 is 0 Å². The van der Waals surface area contributed by atoms with Crippen molar-refractivity contribution in [1.82, 2.24) is 10.3 Å². The Labute approximate surface area is 132 Å². The third kappa shape index (κ3) is 4.08. The van der Waals surface area contributed by atoms with Gasteiger partial charge in [-0.2, -0.15) is 0 Å². The van der Waals surface area contributed by atoms with Gasteiger partial charge in [0.05, 0.1) is 10.6 Å². The first-order valence-corrected chi connectivity index (χ1v) is 7.55. The summed E-state index contributed by atoms with van der Waals surface area (Å²) in [6, 6.07) is 4.19. The van der Waals surface area contributed by atoms with E-state index in [1.165, 1.54) is 28.8 Å². The highest BCUT2D eigenvalue weighted by molar-refractivity contribution is 9.10. The first-order chi connectivity index (χ1) is 9.97. The molecular formula is C13H10BrFN2O3S. The summed E-state index contributed by atoms with van der Waals surface area (Å²) in [6.07, 6.45) is 0.391. The highest BCUT2D eigenvalue weighted by Crippen LogP contribution is 2.15. The molecule has 21 heavy (non-hydrogen) atoms. The molecule has 1 amide bonds. The van der Waals surface area contributed by atoms with Crippen LogP contribution in [0.1, 0.15) is 25.9 Å². The van der Waals surface area contributed by atoms with Gasteiger partial charge in [0, 0.05) is 22.8 Å². The molecule has 1 heterocycles. The van der Waals surface area contributed by atoms with E-state index in [9.17, 15) is 14.0 Å². The Kier molecular flexibility index (Phi) is 5.03. The standard InChI is InChI=1S/C13H10BrFN2O3S/c14-7-1-2-8(9(15)5-7)12(18)16-4-3-11-17-10(6-21-11)13(19)20/h1-2,5-6H,3-4H2,(H,16,18)(H,19,20). The first-order valence-electron chi connectivity index (χ1n) is 5.88. The van der Waals surface area contributed by atoms with Crippen molar-refractivity contribution in [2.75, 3.05) is 6.54 Å². The van der Waals surface area contributed by atoms with Crippen LogP contribution in [0, 0.1) is 5.82 Å². The van der Waals surface area contributed by atoms with Crippen LogP contribution in [0.15, 0.2) is 28.1 Å². The molecule has 2 aromatic rings. The van der Waals surface area contributed by atoms with Crippen LogP contribution < -0.4 is 5.32 Å². The third-order valence-corrected chi connectivity index (χ3v) is 3.97. The molecule has 0 aliphatic carbocycles. The number of hydrogen-bond acceptors (Lipinski definition) is 4. The number of carbonyl (C=O) groups is 2. The molecule has 0 radical (unpaired) electrons. The second-order valence-corrected chi connectivity index (χ2v) is 5.92. The monoisotopic (exact) mass is 372 g/mol. The van der Waals surface area contributed by atoms with Crippen LogP contribution >= 0.6 is 27.3 Å². The van der Waals surface area contributed by atoms with Gasteiger partial charge in [-0.05, 0) is 18.2 Å². The zero-order chi connectivity index (χ0) is 15.4. The Morgan fingerprint density at radius 3 is 2.81 bits per heavy atom.